The second-order valence-electron chi connectivity index (χ2n) is 9.56. The monoisotopic (exact) mass is 517 g/mol. The molecular formula is C29H27N9O. The van der Waals surface area contributed by atoms with E-state index in [1.807, 2.05) is 86.2 Å². The first-order chi connectivity index (χ1) is 19.0. The number of aromatic nitrogens is 5. The third-order valence-electron chi connectivity index (χ3n) is 7.13. The molecule has 1 aliphatic rings. The van der Waals surface area contributed by atoms with Crippen LogP contribution in [0.4, 0.5) is 16.3 Å². The summed E-state index contributed by atoms with van der Waals surface area (Å²) in [7, 11) is 3.69. The lowest BCUT2D eigenvalue weighted by Gasteiger charge is -2.37. The molecule has 2 amide bonds. The van der Waals surface area contributed by atoms with Gasteiger partial charge in [-0.1, -0.05) is 18.2 Å². The Hall–Kier alpha value is -5.17. The van der Waals surface area contributed by atoms with Gasteiger partial charge < -0.3 is 9.80 Å². The third kappa shape index (κ3) is 4.55. The Morgan fingerprint density at radius 3 is 2.38 bits per heavy atom. The molecule has 0 aliphatic carbocycles. The van der Waals surface area contributed by atoms with E-state index in [-0.39, 0.29) is 6.03 Å². The number of nitriles is 1. The van der Waals surface area contributed by atoms with E-state index in [1.165, 1.54) is 0 Å². The number of benzene rings is 1. The van der Waals surface area contributed by atoms with Crippen molar-refractivity contribution in [3.63, 3.8) is 0 Å². The number of hydrogen-bond donors (Lipinski definition) is 0. The quantitative estimate of drug-likeness (QED) is 0.357. The average molecular weight is 518 g/mol. The van der Waals surface area contributed by atoms with Crippen LogP contribution in [0.2, 0.25) is 0 Å². The Labute approximate surface area is 225 Å². The number of carbonyl (C=O) groups excluding carboxylic acids is 1. The molecule has 1 aromatic carbocycles. The van der Waals surface area contributed by atoms with Gasteiger partial charge in [-0.05, 0) is 30.3 Å². The Balaban J connectivity index is 1.22. The number of rotatable bonds is 4. The van der Waals surface area contributed by atoms with E-state index in [0.29, 0.717) is 31.7 Å². The lowest BCUT2D eigenvalue weighted by Crippen LogP contribution is -2.52. The van der Waals surface area contributed by atoms with Gasteiger partial charge in [0, 0.05) is 86.8 Å². The molecule has 0 atom stereocenters. The van der Waals surface area contributed by atoms with Crippen LogP contribution in [0, 0.1) is 11.3 Å². The molecule has 0 radical (unpaired) electrons. The van der Waals surface area contributed by atoms with E-state index in [4.69, 9.17) is 4.98 Å². The predicted molar refractivity (Wildman–Crippen MR) is 149 cm³/mol. The highest BCUT2D eigenvalue weighted by atomic mass is 16.2. The first-order valence-corrected chi connectivity index (χ1v) is 12.7. The zero-order valence-electron chi connectivity index (χ0n) is 21.8. The molecule has 4 aromatic heterocycles. The fourth-order valence-corrected chi connectivity index (χ4v) is 4.98. The molecule has 5 heterocycles. The van der Waals surface area contributed by atoms with Crippen LogP contribution in [0.15, 0.2) is 79.5 Å². The largest absolute Gasteiger partial charge is 0.353 e. The van der Waals surface area contributed by atoms with Crippen LogP contribution in [-0.4, -0.2) is 68.5 Å². The van der Waals surface area contributed by atoms with Gasteiger partial charge in [0.15, 0.2) is 0 Å². The highest BCUT2D eigenvalue weighted by Gasteiger charge is 2.25. The molecule has 39 heavy (non-hydrogen) atoms. The molecule has 10 heteroatoms. The summed E-state index contributed by atoms with van der Waals surface area (Å²) < 4.78 is 3.50. The smallest absolute Gasteiger partial charge is 0.324 e. The summed E-state index contributed by atoms with van der Waals surface area (Å²) in [5, 5.41) is 18.4. The van der Waals surface area contributed by atoms with Gasteiger partial charge in [-0.15, -0.1) is 0 Å². The van der Waals surface area contributed by atoms with Gasteiger partial charge >= 0.3 is 6.03 Å². The van der Waals surface area contributed by atoms with Crippen molar-refractivity contribution in [2.75, 3.05) is 43.0 Å². The van der Waals surface area contributed by atoms with Gasteiger partial charge in [0.25, 0.3) is 0 Å². The summed E-state index contributed by atoms with van der Waals surface area (Å²) in [4.78, 5) is 23.5. The van der Waals surface area contributed by atoms with E-state index in [1.54, 1.807) is 20.3 Å². The maximum Gasteiger partial charge on any atom is 0.324 e. The molecule has 0 spiro atoms. The zero-order chi connectivity index (χ0) is 26.9. The molecule has 0 unspecified atom stereocenters. The third-order valence-corrected chi connectivity index (χ3v) is 7.13. The lowest BCUT2D eigenvalue weighted by molar-refractivity contribution is 0.202. The summed E-state index contributed by atoms with van der Waals surface area (Å²) in [5.74, 6) is 0.857. The van der Waals surface area contributed by atoms with Gasteiger partial charge in [-0.25, -0.2) is 14.3 Å². The summed E-state index contributed by atoms with van der Waals surface area (Å²) in [6.45, 7) is 2.63. The number of aryl methyl sites for hydroxylation is 1. The van der Waals surface area contributed by atoms with Crippen LogP contribution in [0.25, 0.3) is 27.8 Å². The second kappa shape index (κ2) is 9.95. The van der Waals surface area contributed by atoms with Crippen molar-refractivity contribution in [1.29, 1.82) is 5.26 Å². The minimum absolute atomic E-state index is 0.00391. The van der Waals surface area contributed by atoms with Crippen LogP contribution >= 0.6 is 0 Å². The molecule has 1 fully saturated rings. The molecule has 6 rings (SSSR count). The van der Waals surface area contributed by atoms with E-state index < -0.39 is 0 Å². The number of carbonyl (C=O) groups is 1. The van der Waals surface area contributed by atoms with E-state index in [0.717, 1.165) is 39.3 Å². The number of para-hydroxylation sites is 1. The Morgan fingerprint density at radius 2 is 1.72 bits per heavy atom. The first-order valence-electron chi connectivity index (χ1n) is 12.7. The standard InChI is InChI=1S/C29H27N9O/c1-34-19-24(18-32-34)22-14-26(28-23(15-30)17-33-38(28)20-22)21-8-9-27(31-16-21)36-10-12-37(13-11-36)29(39)35(2)25-6-4-3-5-7-25/h3-9,14,16-20H,10-13H2,1-2H3. The number of fused-ring (bicyclic) bond motifs is 1. The maximum atomic E-state index is 13.0. The van der Waals surface area contributed by atoms with Crippen molar-refractivity contribution in [2.45, 2.75) is 0 Å². The SMILES string of the molecule is CN(C(=O)N1CCN(c2ccc(-c3cc(-c4cnn(C)c4)cn4ncc(C#N)c34)cn2)CC1)c1ccccc1. The zero-order valence-corrected chi connectivity index (χ0v) is 21.8. The number of piperazine rings is 1. The first kappa shape index (κ1) is 24.2. The van der Waals surface area contributed by atoms with Gasteiger partial charge in [-0.3, -0.25) is 9.58 Å². The fraction of sp³-hybridized carbons (Fsp3) is 0.207. The number of urea groups is 1. The lowest BCUT2D eigenvalue weighted by atomic mass is 10.0. The summed E-state index contributed by atoms with van der Waals surface area (Å²) in [6.07, 6.45) is 9.09. The van der Waals surface area contributed by atoms with Crippen LogP contribution < -0.4 is 9.80 Å². The van der Waals surface area contributed by atoms with Crippen molar-refractivity contribution in [3.8, 4) is 28.3 Å². The van der Waals surface area contributed by atoms with Gasteiger partial charge in [-0.2, -0.15) is 15.5 Å². The van der Waals surface area contributed by atoms with Gasteiger partial charge in [0.1, 0.15) is 11.9 Å². The Morgan fingerprint density at radius 1 is 0.923 bits per heavy atom. The van der Waals surface area contributed by atoms with E-state index in [9.17, 15) is 10.1 Å². The van der Waals surface area contributed by atoms with Crippen molar-refractivity contribution in [3.05, 3.63) is 85.1 Å². The second-order valence-corrected chi connectivity index (χ2v) is 9.56. The molecule has 0 saturated carbocycles. The minimum Gasteiger partial charge on any atom is -0.353 e. The number of amides is 2. The maximum absolute atomic E-state index is 13.0. The summed E-state index contributed by atoms with van der Waals surface area (Å²) >= 11 is 0. The molecule has 10 nitrogen and oxygen atoms in total. The summed E-state index contributed by atoms with van der Waals surface area (Å²) in [5.41, 5.74) is 5.81. The van der Waals surface area contributed by atoms with Crippen LogP contribution in [0.3, 0.4) is 0 Å². The molecule has 5 aromatic rings. The number of anilines is 2. The van der Waals surface area contributed by atoms with Crippen molar-refractivity contribution >= 4 is 23.1 Å². The number of pyridine rings is 2. The van der Waals surface area contributed by atoms with E-state index in [2.05, 4.69) is 27.2 Å². The number of hydrogen-bond acceptors (Lipinski definition) is 6. The summed E-state index contributed by atoms with van der Waals surface area (Å²) in [6, 6.07) is 18.0. The van der Waals surface area contributed by atoms with Gasteiger partial charge in [0.2, 0.25) is 0 Å². The number of nitrogens with zero attached hydrogens (tertiary/aromatic N) is 9. The van der Waals surface area contributed by atoms with E-state index >= 15 is 0 Å². The highest BCUT2D eigenvalue weighted by molar-refractivity contribution is 5.91. The predicted octanol–water partition coefficient (Wildman–Crippen LogP) is 4.05. The van der Waals surface area contributed by atoms with Crippen molar-refractivity contribution < 1.29 is 4.79 Å². The molecular weight excluding hydrogens is 490 g/mol. The van der Waals surface area contributed by atoms with Gasteiger partial charge in [0.05, 0.1) is 23.5 Å². The minimum atomic E-state index is -0.00391. The Kier molecular flexibility index (Phi) is 6.17. The Bertz CT molecular complexity index is 1670. The van der Waals surface area contributed by atoms with Crippen LogP contribution in [0.1, 0.15) is 5.56 Å². The highest BCUT2D eigenvalue weighted by Crippen LogP contribution is 2.32. The van der Waals surface area contributed by atoms with Crippen molar-refractivity contribution in [1.82, 2.24) is 29.3 Å². The van der Waals surface area contributed by atoms with Crippen LogP contribution in [0.5, 0.6) is 0 Å². The van der Waals surface area contributed by atoms with Crippen LogP contribution in [-0.2, 0) is 7.05 Å². The average Bonchev–Trinajstić information content (AvgIpc) is 3.62. The molecule has 1 saturated heterocycles. The van der Waals surface area contributed by atoms with Crippen molar-refractivity contribution in [2.24, 2.45) is 7.05 Å². The topological polar surface area (TPSA) is 98.6 Å². The fourth-order valence-electron chi connectivity index (χ4n) is 4.98. The molecule has 194 valence electrons. The normalized spacial score (nSPS) is 13.5. The molecule has 0 bridgehead atoms. The molecule has 0 N–H and O–H groups in total. The molecule has 1 aliphatic heterocycles.